The van der Waals surface area contributed by atoms with Gasteiger partial charge >= 0.3 is 0 Å². The van der Waals surface area contributed by atoms with E-state index in [1.54, 1.807) is 0 Å². The van der Waals surface area contributed by atoms with Crippen molar-refractivity contribution in [1.29, 1.82) is 0 Å². The van der Waals surface area contributed by atoms with Gasteiger partial charge in [-0.05, 0) is 58.4 Å². The summed E-state index contributed by atoms with van der Waals surface area (Å²) in [5.41, 5.74) is 0.734. The number of alkyl halides is 1. The average Bonchev–Trinajstić information content (AvgIpc) is 3.16. The van der Waals surface area contributed by atoms with Crippen LogP contribution in [0.3, 0.4) is 0 Å². The van der Waals surface area contributed by atoms with Crippen molar-refractivity contribution in [3.8, 4) is 5.75 Å². The number of carbonyl (C=O) groups excluding carboxylic acids is 1. The second kappa shape index (κ2) is 9.67. The van der Waals surface area contributed by atoms with Crippen LogP contribution in [0.15, 0.2) is 28.7 Å². The first-order valence-corrected chi connectivity index (χ1v) is 12.7. The van der Waals surface area contributed by atoms with Crippen molar-refractivity contribution in [2.75, 3.05) is 32.7 Å². The third kappa shape index (κ3) is 5.20. The van der Waals surface area contributed by atoms with Crippen LogP contribution in [0.4, 0.5) is 0 Å². The molecule has 2 aromatic rings. The third-order valence-corrected chi connectivity index (χ3v) is 7.75. The van der Waals surface area contributed by atoms with Crippen LogP contribution in [-0.2, 0) is 0 Å². The van der Waals surface area contributed by atoms with Crippen molar-refractivity contribution >= 4 is 39.5 Å². The number of benzene rings is 1. The number of piperazine rings is 1. The maximum Gasteiger partial charge on any atom is 0.289 e. The molecule has 2 aliphatic rings. The number of fused-ring (bicyclic) bond motifs is 1. The summed E-state index contributed by atoms with van der Waals surface area (Å²) in [6, 6.07) is 8.82. The van der Waals surface area contributed by atoms with Crippen LogP contribution in [-0.4, -0.2) is 75.6 Å². The number of rotatable bonds is 5. The molecule has 0 N–H and O–H groups in total. The molecule has 4 rings (SSSR count). The molecule has 1 amide bonds. The molecular formula is C24H34IN3O3. The molecule has 3 heterocycles. The minimum Gasteiger partial charge on any atom is -0.490 e. The van der Waals surface area contributed by atoms with E-state index in [1.165, 1.54) is 0 Å². The number of carbonyl (C=O) groups is 1. The van der Waals surface area contributed by atoms with Gasteiger partial charge in [0.2, 0.25) is 0 Å². The molecule has 7 heteroatoms. The van der Waals surface area contributed by atoms with Gasteiger partial charge in [0.25, 0.3) is 5.91 Å². The summed E-state index contributed by atoms with van der Waals surface area (Å²) in [5.74, 6) is 1.25. The number of ether oxygens (including phenoxy) is 1. The second-order valence-electron chi connectivity index (χ2n) is 9.26. The summed E-state index contributed by atoms with van der Waals surface area (Å²) in [7, 11) is 0. The minimum atomic E-state index is -0.0177. The summed E-state index contributed by atoms with van der Waals surface area (Å²) >= 11 is 2.53. The molecule has 0 radical (unpaired) electrons. The minimum absolute atomic E-state index is 0.0177. The molecule has 2 aliphatic heterocycles. The molecule has 2 saturated heterocycles. The molecule has 1 aromatic carbocycles. The Labute approximate surface area is 199 Å². The van der Waals surface area contributed by atoms with Gasteiger partial charge in [0.05, 0.1) is 4.05 Å². The lowest BCUT2D eigenvalue weighted by atomic mass is 10.1. The van der Waals surface area contributed by atoms with Gasteiger partial charge < -0.3 is 14.1 Å². The van der Waals surface area contributed by atoms with Gasteiger partial charge in [-0.15, -0.1) is 0 Å². The molecule has 0 spiro atoms. The number of hydrogen-bond donors (Lipinski definition) is 0. The molecule has 0 aliphatic carbocycles. The van der Waals surface area contributed by atoms with E-state index in [2.05, 4.69) is 60.1 Å². The topological polar surface area (TPSA) is 49.2 Å². The van der Waals surface area contributed by atoms with Gasteiger partial charge in [-0.1, -0.05) is 22.6 Å². The van der Waals surface area contributed by atoms with E-state index in [1.807, 2.05) is 29.2 Å². The highest BCUT2D eigenvalue weighted by Crippen LogP contribution is 2.30. The van der Waals surface area contributed by atoms with Crippen molar-refractivity contribution in [3.63, 3.8) is 0 Å². The van der Waals surface area contributed by atoms with Crippen LogP contribution >= 0.6 is 22.6 Å². The van der Waals surface area contributed by atoms with E-state index in [-0.39, 0.29) is 12.0 Å². The van der Waals surface area contributed by atoms with E-state index < -0.39 is 0 Å². The SMILES string of the molecule is CC(C)N1CCN(C(=O)c2cc3cc(OC4CCN(C(C)C)C(I)C4)ccc3o2)CC1. The summed E-state index contributed by atoms with van der Waals surface area (Å²) in [5, 5.41) is 0.923. The number of likely N-dealkylation sites (tertiary alicyclic amines) is 1. The van der Waals surface area contributed by atoms with Crippen LogP contribution < -0.4 is 4.74 Å². The summed E-state index contributed by atoms with van der Waals surface area (Å²) < 4.78 is 12.7. The number of hydrogen-bond acceptors (Lipinski definition) is 5. The van der Waals surface area contributed by atoms with Crippen molar-refractivity contribution in [3.05, 3.63) is 30.0 Å². The normalized spacial score (nSPS) is 23.8. The Hall–Kier alpha value is -1.32. The molecular weight excluding hydrogens is 505 g/mol. The molecule has 6 nitrogen and oxygen atoms in total. The summed E-state index contributed by atoms with van der Waals surface area (Å²) in [6.07, 6.45) is 2.28. The van der Waals surface area contributed by atoms with Crippen LogP contribution in [0, 0.1) is 0 Å². The number of nitrogens with zero attached hydrogens (tertiary/aromatic N) is 3. The molecule has 0 saturated carbocycles. The Kier molecular flexibility index (Phi) is 7.13. The van der Waals surface area contributed by atoms with Crippen LogP contribution in [0.25, 0.3) is 11.0 Å². The number of halogens is 1. The highest BCUT2D eigenvalue weighted by atomic mass is 127. The van der Waals surface area contributed by atoms with Crippen molar-refractivity contribution in [2.24, 2.45) is 0 Å². The van der Waals surface area contributed by atoms with Gasteiger partial charge in [-0.25, -0.2) is 0 Å². The summed E-state index contributed by atoms with van der Waals surface area (Å²) in [6.45, 7) is 13.3. The summed E-state index contributed by atoms with van der Waals surface area (Å²) in [4.78, 5) is 19.8. The largest absolute Gasteiger partial charge is 0.490 e. The Bertz CT molecular complexity index is 905. The Balaban J connectivity index is 1.40. The number of piperidine rings is 1. The highest BCUT2D eigenvalue weighted by molar-refractivity contribution is 14.1. The Morgan fingerprint density at radius 2 is 1.81 bits per heavy atom. The predicted molar refractivity (Wildman–Crippen MR) is 132 cm³/mol. The Morgan fingerprint density at radius 3 is 2.45 bits per heavy atom. The van der Waals surface area contributed by atoms with Gasteiger partial charge in [0, 0.05) is 56.6 Å². The third-order valence-electron chi connectivity index (χ3n) is 6.52. The maximum atomic E-state index is 12.9. The number of amides is 1. The molecule has 31 heavy (non-hydrogen) atoms. The van der Waals surface area contributed by atoms with E-state index in [0.29, 0.717) is 21.9 Å². The lowest BCUT2D eigenvalue weighted by Crippen LogP contribution is -2.50. The first kappa shape index (κ1) is 22.9. The second-order valence-corrected chi connectivity index (χ2v) is 10.7. The fourth-order valence-corrected chi connectivity index (χ4v) is 6.07. The van der Waals surface area contributed by atoms with E-state index in [9.17, 15) is 4.79 Å². The van der Waals surface area contributed by atoms with Gasteiger partial charge in [-0.3, -0.25) is 14.6 Å². The smallest absolute Gasteiger partial charge is 0.289 e. The maximum absolute atomic E-state index is 12.9. The van der Waals surface area contributed by atoms with Gasteiger partial charge in [0.1, 0.15) is 17.4 Å². The first-order chi connectivity index (χ1) is 14.8. The molecule has 2 unspecified atom stereocenters. The molecule has 2 fully saturated rings. The average molecular weight is 539 g/mol. The van der Waals surface area contributed by atoms with Crippen LogP contribution in [0.5, 0.6) is 5.75 Å². The van der Waals surface area contributed by atoms with Crippen LogP contribution in [0.1, 0.15) is 51.1 Å². The molecule has 1 aromatic heterocycles. The molecule has 2 atom stereocenters. The lowest BCUT2D eigenvalue weighted by molar-refractivity contribution is 0.0568. The zero-order chi connectivity index (χ0) is 22.1. The molecule has 0 bridgehead atoms. The van der Waals surface area contributed by atoms with Gasteiger partial charge in [-0.2, -0.15) is 0 Å². The fourth-order valence-electron chi connectivity index (χ4n) is 4.58. The van der Waals surface area contributed by atoms with Crippen LogP contribution in [0.2, 0.25) is 0 Å². The van der Waals surface area contributed by atoms with E-state index >= 15 is 0 Å². The van der Waals surface area contributed by atoms with Gasteiger partial charge in [0.15, 0.2) is 5.76 Å². The quantitative estimate of drug-likeness (QED) is 0.316. The highest BCUT2D eigenvalue weighted by Gasteiger charge is 2.29. The first-order valence-electron chi connectivity index (χ1n) is 11.4. The van der Waals surface area contributed by atoms with E-state index in [0.717, 1.165) is 62.3 Å². The predicted octanol–water partition coefficient (Wildman–Crippen LogP) is 4.61. The van der Waals surface area contributed by atoms with Crippen molar-refractivity contribution < 1.29 is 13.9 Å². The zero-order valence-corrected chi connectivity index (χ0v) is 21.2. The standard InChI is InChI=1S/C24H34IN3O3/c1-16(2)26-9-11-27(12-10-26)24(29)22-14-18-13-19(5-6-21(18)31-22)30-20-7-8-28(17(3)4)23(25)15-20/h5-6,13-14,16-17,20,23H,7-12,15H2,1-4H3. The number of furan rings is 1. The van der Waals surface area contributed by atoms with E-state index in [4.69, 9.17) is 9.15 Å². The van der Waals surface area contributed by atoms with Crippen molar-refractivity contribution in [1.82, 2.24) is 14.7 Å². The fraction of sp³-hybridized carbons (Fsp3) is 0.625. The lowest BCUT2D eigenvalue weighted by Gasteiger charge is -2.38. The Morgan fingerprint density at radius 1 is 1.06 bits per heavy atom. The zero-order valence-electron chi connectivity index (χ0n) is 19.0. The monoisotopic (exact) mass is 539 g/mol. The van der Waals surface area contributed by atoms with Crippen molar-refractivity contribution in [2.45, 2.75) is 62.8 Å². The molecule has 170 valence electrons.